The van der Waals surface area contributed by atoms with Gasteiger partial charge in [-0.2, -0.15) is 0 Å². The van der Waals surface area contributed by atoms with E-state index >= 15 is 0 Å². The van der Waals surface area contributed by atoms with Gasteiger partial charge in [0.15, 0.2) is 0 Å². The number of alkyl halides is 1. The van der Waals surface area contributed by atoms with Crippen LogP contribution in [0, 0.1) is 11.6 Å². The van der Waals surface area contributed by atoms with Crippen molar-refractivity contribution in [3.63, 3.8) is 0 Å². The van der Waals surface area contributed by atoms with E-state index in [1.807, 2.05) is 0 Å². The molecule has 1 atom stereocenters. The van der Waals surface area contributed by atoms with Crippen LogP contribution >= 0.6 is 39.1 Å². The average molecular weight is 382 g/mol. The molecule has 2 aromatic rings. The third kappa shape index (κ3) is 3.08. The molecule has 0 aliphatic rings. The summed E-state index contributed by atoms with van der Waals surface area (Å²) in [6.45, 7) is 0. The zero-order valence-corrected chi connectivity index (χ0v) is 13.4. The summed E-state index contributed by atoms with van der Waals surface area (Å²) in [7, 11) is 1.42. The standard InChI is InChI=1S/C14H9BrCl2F2O/c1-20-13-6-12(19)9(15)5-8(13)14(17)7-2-3-11(18)10(16)4-7/h2-6,14H,1H3. The number of halogens is 5. The molecule has 0 fully saturated rings. The lowest BCUT2D eigenvalue weighted by molar-refractivity contribution is 0.406. The number of methoxy groups -OCH3 is 1. The van der Waals surface area contributed by atoms with Crippen molar-refractivity contribution in [2.45, 2.75) is 5.38 Å². The molecule has 0 spiro atoms. The molecule has 0 amide bonds. The first kappa shape index (κ1) is 15.5. The van der Waals surface area contributed by atoms with Crippen molar-refractivity contribution in [2.75, 3.05) is 7.11 Å². The highest BCUT2D eigenvalue weighted by Gasteiger charge is 2.19. The van der Waals surface area contributed by atoms with Crippen LogP contribution in [0.4, 0.5) is 8.78 Å². The van der Waals surface area contributed by atoms with Gasteiger partial charge in [0, 0.05) is 11.6 Å². The number of ether oxygens (including phenoxy) is 1. The van der Waals surface area contributed by atoms with Gasteiger partial charge in [0.2, 0.25) is 0 Å². The Morgan fingerprint density at radius 2 is 1.85 bits per heavy atom. The molecule has 2 rings (SSSR count). The van der Waals surface area contributed by atoms with Gasteiger partial charge >= 0.3 is 0 Å². The average Bonchev–Trinajstić information content (AvgIpc) is 2.43. The summed E-state index contributed by atoms with van der Waals surface area (Å²) >= 11 is 15.2. The summed E-state index contributed by atoms with van der Waals surface area (Å²) in [4.78, 5) is 0. The minimum atomic E-state index is -0.639. The monoisotopic (exact) mass is 380 g/mol. The van der Waals surface area contributed by atoms with Crippen molar-refractivity contribution in [2.24, 2.45) is 0 Å². The summed E-state index contributed by atoms with van der Waals surface area (Å²) in [5, 5.41) is -0.659. The van der Waals surface area contributed by atoms with E-state index in [0.717, 1.165) is 0 Å². The largest absolute Gasteiger partial charge is 0.496 e. The molecule has 0 N–H and O–H groups in total. The van der Waals surface area contributed by atoms with Crippen molar-refractivity contribution in [1.82, 2.24) is 0 Å². The molecular weight excluding hydrogens is 373 g/mol. The lowest BCUT2D eigenvalue weighted by Gasteiger charge is -2.15. The van der Waals surface area contributed by atoms with Crippen LogP contribution in [0.2, 0.25) is 5.02 Å². The fourth-order valence-electron chi connectivity index (χ4n) is 1.77. The Kier molecular flexibility index (Phi) is 4.89. The first-order valence-corrected chi connectivity index (χ1v) is 7.16. The van der Waals surface area contributed by atoms with Crippen LogP contribution in [0.3, 0.4) is 0 Å². The number of hydrogen-bond acceptors (Lipinski definition) is 1. The smallest absolute Gasteiger partial charge is 0.141 e. The van der Waals surface area contributed by atoms with Crippen LogP contribution in [0.1, 0.15) is 16.5 Å². The summed E-state index contributed by atoms with van der Waals surface area (Å²) in [5.74, 6) is -0.663. The third-order valence-electron chi connectivity index (χ3n) is 2.78. The molecule has 6 heteroatoms. The number of benzene rings is 2. The van der Waals surface area contributed by atoms with Crippen molar-refractivity contribution in [1.29, 1.82) is 0 Å². The first-order chi connectivity index (χ1) is 9.43. The highest BCUT2D eigenvalue weighted by Crippen LogP contribution is 2.38. The third-order valence-corrected chi connectivity index (χ3v) is 4.17. The maximum Gasteiger partial charge on any atom is 0.141 e. The van der Waals surface area contributed by atoms with Gasteiger partial charge in [-0.05, 0) is 39.7 Å². The number of rotatable bonds is 3. The summed E-state index contributed by atoms with van der Waals surface area (Å²) < 4.78 is 32.1. The van der Waals surface area contributed by atoms with Crippen molar-refractivity contribution in [3.05, 3.63) is 62.6 Å². The molecule has 0 aliphatic heterocycles. The predicted molar refractivity (Wildman–Crippen MR) is 79.8 cm³/mol. The van der Waals surface area contributed by atoms with Gasteiger partial charge in [-0.1, -0.05) is 17.7 Å². The molecule has 1 nitrogen and oxygen atoms in total. The SMILES string of the molecule is COc1cc(F)c(Br)cc1C(Cl)c1ccc(F)c(Cl)c1. The molecule has 1 unspecified atom stereocenters. The molecule has 0 aliphatic carbocycles. The number of hydrogen-bond donors (Lipinski definition) is 0. The fraction of sp³-hybridized carbons (Fsp3) is 0.143. The van der Waals surface area contributed by atoms with Crippen LogP contribution in [-0.2, 0) is 0 Å². The quantitative estimate of drug-likeness (QED) is 0.618. The molecule has 0 bridgehead atoms. The summed E-state index contributed by atoms with van der Waals surface area (Å²) in [5.41, 5.74) is 1.15. The van der Waals surface area contributed by atoms with E-state index in [1.54, 1.807) is 0 Å². The second-order valence-electron chi connectivity index (χ2n) is 4.04. The zero-order valence-electron chi connectivity index (χ0n) is 10.3. The lowest BCUT2D eigenvalue weighted by Crippen LogP contribution is -1.99. The summed E-state index contributed by atoms with van der Waals surface area (Å²) in [6.07, 6.45) is 0. The Morgan fingerprint density at radius 1 is 1.15 bits per heavy atom. The Labute approximate surface area is 133 Å². The molecule has 2 aromatic carbocycles. The van der Waals surface area contributed by atoms with E-state index in [0.29, 0.717) is 16.9 Å². The predicted octanol–water partition coefficient (Wildman–Crippen LogP) is 5.72. The van der Waals surface area contributed by atoms with Gasteiger partial charge in [0.05, 0.1) is 22.0 Å². The zero-order chi connectivity index (χ0) is 14.9. The van der Waals surface area contributed by atoms with Gasteiger partial charge in [0.25, 0.3) is 0 Å². The van der Waals surface area contributed by atoms with E-state index in [-0.39, 0.29) is 9.50 Å². The second-order valence-corrected chi connectivity index (χ2v) is 5.74. The van der Waals surface area contributed by atoms with Crippen LogP contribution < -0.4 is 4.74 Å². The highest BCUT2D eigenvalue weighted by atomic mass is 79.9. The molecule has 0 aromatic heterocycles. The van der Waals surface area contributed by atoms with Crippen LogP contribution in [0.25, 0.3) is 0 Å². The Bertz CT molecular complexity index is 649. The van der Waals surface area contributed by atoms with Crippen LogP contribution in [0.5, 0.6) is 5.75 Å². The van der Waals surface area contributed by atoms with E-state index in [1.165, 1.54) is 37.4 Å². The van der Waals surface area contributed by atoms with E-state index in [9.17, 15) is 8.78 Å². The molecule has 0 saturated heterocycles. The van der Waals surface area contributed by atoms with E-state index in [4.69, 9.17) is 27.9 Å². The van der Waals surface area contributed by atoms with E-state index < -0.39 is 17.0 Å². The van der Waals surface area contributed by atoms with Crippen LogP contribution in [-0.4, -0.2) is 7.11 Å². The highest BCUT2D eigenvalue weighted by molar-refractivity contribution is 9.10. The minimum absolute atomic E-state index is 0.0201. The van der Waals surface area contributed by atoms with Crippen molar-refractivity contribution in [3.8, 4) is 5.75 Å². The van der Waals surface area contributed by atoms with Gasteiger partial charge in [-0.3, -0.25) is 0 Å². The molecule has 20 heavy (non-hydrogen) atoms. The second kappa shape index (κ2) is 6.29. The van der Waals surface area contributed by atoms with Crippen molar-refractivity contribution >= 4 is 39.1 Å². The molecule has 106 valence electrons. The first-order valence-electron chi connectivity index (χ1n) is 5.56. The fourth-order valence-corrected chi connectivity index (χ4v) is 2.62. The minimum Gasteiger partial charge on any atom is -0.496 e. The topological polar surface area (TPSA) is 9.23 Å². The Hall–Kier alpha value is -0.840. The molecule has 0 radical (unpaired) electrons. The van der Waals surface area contributed by atoms with Gasteiger partial charge in [0.1, 0.15) is 17.4 Å². The van der Waals surface area contributed by atoms with Gasteiger partial charge in [-0.25, -0.2) is 8.78 Å². The maximum atomic E-state index is 13.5. The summed E-state index contributed by atoms with van der Waals surface area (Å²) in [6, 6.07) is 6.96. The van der Waals surface area contributed by atoms with Crippen molar-refractivity contribution < 1.29 is 13.5 Å². The molecular formula is C14H9BrCl2F2O. The van der Waals surface area contributed by atoms with Gasteiger partial charge < -0.3 is 4.74 Å². The van der Waals surface area contributed by atoms with Gasteiger partial charge in [-0.15, -0.1) is 11.6 Å². The normalized spacial score (nSPS) is 12.3. The Balaban J connectivity index is 2.49. The maximum absolute atomic E-state index is 13.5. The van der Waals surface area contributed by atoms with Crippen LogP contribution in [0.15, 0.2) is 34.8 Å². The molecule has 0 heterocycles. The lowest BCUT2D eigenvalue weighted by atomic mass is 10.0. The Morgan fingerprint density at radius 3 is 2.45 bits per heavy atom. The molecule has 0 saturated carbocycles. The van der Waals surface area contributed by atoms with E-state index in [2.05, 4.69) is 15.9 Å².